The molecule has 0 aromatic heterocycles. The van der Waals surface area contributed by atoms with E-state index in [0.717, 1.165) is 28.1 Å². The van der Waals surface area contributed by atoms with Crippen molar-refractivity contribution in [2.24, 2.45) is 4.99 Å². The van der Waals surface area contributed by atoms with E-state index in [9.17, 15) is 9.59 Å². The number of rotatable bonds is 6. The summed E-state index contributed by atoms with van der Waals surface area (Å²) in [6.07, 6.45) is 2.22. The van der Waals surface area contributed by atoms with E-state index in [0.29, 0.717) is 32.6 Å². The van der Waals surface area contributed by atoms with Gasteiger partial charge in [-0.1, -0.05) is 24.3 Å². The van der Waals surface area contributed by atoms with E-state index in [4.69, 9.17) is 9.84 Å². The molecule has 2 aromatic carbocycles. The molecule has 1 amide bonds. The Morgan fingerprint density at radius 1 is 1.03 bits per heavy atom. The van der Waals surface area contributed by atoms with Gasteiger partial charge in [-0.25, -0.2) is 14.6 Å². The Kier molecular flexibility index (Phi) is 6.63. The molecular weight excluding hydrogens is 420 g/mol. The molecule has 172 valence electrons. The number of carbonyl (C=O) groups is 2. The molecule has 0 saturated carbocycles. The van der Waals surface area contributed by atoms with Gasteiger partial charge in [0.2, 0.25) is 0 Å². The molecule has 0 atom stereocenters. The number of amides is 1. The number of ether oxygens (including phenoxy) is 1. The second kappa shape index (κ2) is 9.77. The van der Waals surface area contributed by atoms with Crippen LogP contribution in [0.3, 0.4) is 0 Å². The summed E-state index contributed by atoms with van der Waals surface area (Å²) in [5, 5.41) is 9.05. The SMILES string of the molecule is CN(C)c1ccc(COC(=O)N2CCC3=C(CN(Cc4ccc(C(=O)O)cc4)C=N3)C2)cc1. The van der Waals surface area contributed by atoms with Crippen LogP contribution in [0.25, 0.3) is 0 Å². The van der Waals surface area contributed by atoms with Gasteiger partial charge in [-0.2, -0.15) is 0 Å². The van der Waals surface area contributed by atoms with Crippen LogP contribution in [0.1, 0.15) is 27.9 Å². The van der Waals surface area contributed by atoms with E-state index in [1.807, 2.05) is 61.7 Å². The van der Waals surface area contributed by atoms with Crippen molar-refractivity contribution in [3.05, 3.63) is 76.5 Å². The average molecular weight is 449 g/mol. The molecule has 4 rings (SSSR count). The van der Waals surface area contributed by atoms with Crippen LogP contribution in [0.2, 0.25) is 0 Å². The van der Waals surface area contributed by atoms with E-state index in [2.05, 4.69) is 9.89 Å². The minimum absolute atomic E-state index is 0.242. The first kappa shape index (κ1) is 22.4. The van der Waals surface area contributed by atoms with Crippen LogP contribution in [-0.2, 0) is 17.9 Å². The van der Waals surface area contributed by atoms with Gasteiger partial charge in [-0.15, -0.1) is 0 Å². The Morgan fingerprint density at radius 3 is 2.39 bits per heavy atom. The summed E-state index contributed by atoms with van der Waals surface area (Å²) in [5.74, 6) is -0.935. The second-order valence-corrected chi connectivity index (χ2v) is 8.49. The van der Waals surface area contributed by atoms with Crippen molar-refractivity contribution in [2.75, 3.05) is 38.6 Å². The van der Waals surface area contributed by atoms with Gasteiger partial charge in [-0.05, 0) is 41.0 Å². The lowest BCUT2D eigenvalue weighted by Crippen LogP contribution is -2.41. The first-order valence-corrected chi connectivity index (χ1v) is 10.9. The van der Waals surface area contributed by atoms with Crippen LogP contribution in [0.15, 0.2) is 64.8 Å². The summed E-state index contributed by atoms with van der Waals surface area (Å²) in [7, 11) is 3.97. The van der Waals surface area contributed by atoms with Gasteiger partial charge in [0.05, 0.1) is 11.9 Å². The number of aromatic carboxylic acids is 1. The fraction of sp³-hybridized carbons (Fsp3) is 0.320. The van der Waals surface area contributed by atoms with Crippen LogP contribution < -0.4 is 4.90 Å². The molecule has 0 radical (unpaired) electrons. The summed E-state index contributed by atoms with van der Waals surface area (Å²) in [6, 6.07) is 14.8. The molecule has 1 N–H and O–H groups in total. The molecule has 8 nitrogen and oxygen atoms in total. The lowest BCUT2D eigenvalue weighted by Gasteiger charge is -2.34. The quantitative estimate of drug-likeness (QED) is 0.727. The number of carboxylic acids is 1. The molecule has 2 aromatic rings. The highest BCUT2D eigenvalue weighted by Crippen LogP contribution is 2.24. The zero-order valence-corrected chi connectivity index (χ0v) is 18.9. The number of hydrogen-bond donors (Lipinski definition) is 1. The second-order valence-electron chi connectivity index (χ2n) is 8.49. The molecule has 2 aliphatic rings. The molecule has 0 fully saturated rings. The van der Waals surface area contributed by atoms with Gasteiger partial charge in [-0.3, -0.25) is 0 Å². The van der Waals surface area contributed by atoms with Gasteiger partial charge in [0, 0.05) is 58.1 Å². The standard InChI is InChI=1S/C25H28N4O4/c1-27(2)22-9-5-19(6-10-22)16-33-25(32)29-12-11-23-21(15-29)14-28(17-26-23)13-18-3-7-20(8-4-18)24(30)31/h3-10,17H,11-16H2,1-2H3,(H,30,31). The monoisotopic (exact) mass is 448 g/mol. The molecule has 0 bridgehead atoms. The van der Waals surface area contributed by atoms with Crippen LogP contribution in [0.4, 0.5) is 10.5 Å². The minimum atomic E-state index is -0.935. The Labute approximate surface area is 193 Å². The van der Waals surface area contributed by atoms with Gasteiger partial charge >= 0.3 is 12.1 Å². The number of carboxylic acid groups (broad SMARTS) is 1. The lowest BCUT2D eigenvalue weighted by molar-refractivity contribution is 0.0696. The predicted molar refractivity (Wildman–Crippen MR) is 126 cm³/mol. The van der Waals surface area contributed by atoms with Gasteiger partial charge < -0.3 is 24.5 Å². The maximum absolute atomic E-state index is 12.7. The Hall–Kier alpha value is -3.81. The normalized spacial score (nSPS) is 15.3. The zero-order valence-electron chi connectivity index (χ0n) is 18.9. The van der Waals surface area contributed by atoms with Crippen LogP contribution in [-0.4, -0.2) is 67.0 Å². The maximum atomic E-state index is 12.7. The van der Waals surface area contributed by atoms with Crippen molar-refractivity contribution in [2.45, 2.75) is 19.6 Å². The lowest BCUT2D eigenvalue weighted by atomic mass is 10.0. The number of hydrogen-bond acceptors (Lipinski definition) is 6. The van der Waals surface area contributed by atoms with E-state index >= 15 is 0 Å². The summed E-state index contributed by atoms with van der Waals surface area (Å²) >= 11 is 0. The number of anilines is 1. The Balaban J connectivity index is 1.30. The van der Waals surface area contributed by atoms with Gasteiger partial charge in [0.1, 0.15) is 6.61 Å². The van der Waals surface area contributed by atoms with Crippen molar-refractivity contribution < 1.29 is 19.4 Å². The van der Waals surface area contributed by atoms with Gasteiger partial charge in [0.15, 0.2) is 0 Å². The van der Waals surface area contributed by atoms with Crippen molar-refractivity contribution in [1.82, 2.24) is 9.80 Å². The van der Waals surface area contributed by atoms with E-state index in [-0.39, 0.29) is 18.3 Å². The van der Waals surface area contributed by atoms with E-state index < -0.39 is 5.97 Å². The maximum Gasteiger partial charge on any atom is 0.410 e. The third-order valence-corrected chi connectivity index (χ3v) is 5.84. The fourth-order valence-electron chi connectivity index (χ4n) is 3.92. The zero-order chi connectivity index (χ0) is 23.4. The van der Waals surface area contributed by atoms with Crippen LogP contribution in [0.5, 0.6) is 0 Å². The minimum Gasteiger partial charge on any atom is -0.478 e. The highest BCUT2D eigenvalue weighted by molar-refractivity contribution is 5.87. The molecule has 0 unspecified atom stereocenters. The topological polar surface area (TPSA) is 85.7 Å². The van der Waals surface area contributed by atoms with Crippen molar-refractivity contribution in [3.63, 3.8) is 0 Å². The predicted octanol–water partition coefficient (Wildman–Crippen LogP) is 3.59. The fourth-order valence-corrected chi connectivity index (χ4v) is 3.92. The first-order valence-electron chi connectivity index (χ1n) is 10.9. The summed E-state index contributed by atoms with van der Waals surface area (Å²) in [6.45, 7) is 2.62. The number of nitrogens with zero attached hydrogens (tertiary/aromatic N) is 4. The van der Waals surface area contributed by atoms with Crippen molar-refractivity contribution in [3.8, 4) is 0 Å². The molecule has 33 heavy (non-hydrogen) atoms. The van der Waals surface area contributed by atoms with Crippen LogP contribution >= 0.6 is 0 Å². The third kappa shape index (κ3) is 5.52. The summed E-state index contributed by atoms with van der Waals surface area (Å²) in [5.41, 5.74) is 5.47. The average Bonchev–Trinajstić information content (AvgIpc) is 2.82. The third-order valence-electron chi connectivity index (χ3n) is 5.84. The highest BCUT2D eigenvalue weighted by Gasteiger charge is 2.26. The largest absolute Gasteiger partial charge is 0.478 e. The van der Waals surface area contributed by atoms with Crippen molar-refractivity contribution >= 4 is 24.1 Å². The van der Waals surface area contributed by atoms with Crippen molar-refractivity contribution in [1.29, 1.82) is 0 Å². The Morgan fingerprint density at radius 2 is 1.73 bits per heavy atom. The molecule has 0 spiro atoms. The number of carbonyl (C=O) groups excluding carboxylic acids is 1. The molecule has 8 heteroatoms. The van der Waals surface area contributed by atoms with Crippen LogP contribution in [0, 0.1) is 0 Å². The number of benzene rings is 2. The molecule has 2 aliphatic heterocycles. The molecule has 0 saturated heterocycles. The van der Waals surface area contributed by atoms with E-state index in [1.165, 1.54) is 0 Å². The summed E-state index contributed by atoms with van der Waals surface area (Å²) < 4.78 is 5.55. The smallest absolute Gasteiger partial charge is 0.410 e. The van der Waals surface area contributed by atoms with Gasteiger partial charge in [0.25, 0.3) is 0 Å². The Bertz CT molecular complexity index is 1070. The molecule has 2 heterocycles. The highest BCUT2D eigenvalue weighted by atomic mass is 16.6. The molecular formula is C25H28N4O4. The summed E-state index contributed by atoms with van der Waals surface area (Å²) in [4.78, 5) is 34.1. The van der Waals surface area contributed by atoms with E-state index in [1.54, 1.807) is 17.0 Å². The first-order chi connectivity index (χ1) is 15.9. The molecule has 0 aliphatic carbocycles. The number of aliphatic imine (C=N–C) groups is 1.